The molecule has 1 aliphatic heterocycles. The van der Waals surface area contributed by atoms with Crippen LogP contribution in [-0.4, -0.2) is 30.9 Å². The molecule has 29 heavy (non-hydrogen) atoms. The minimum Gasteiger partial charge on any atom is -0.455 e. The van der Waals surface area contributed by atoms with Crippen molar-refractivity contribution in [3.8, 4) is 0 Å². The quantitative estimate of drug-likeness (QED) is 0.666. The maximum Gasteiger partial charge on any atom is 0.311 e. The summed E-state index contributed by atoms with van der Waals surface area (Å²) in [7, 11) is 0. The van der Waals surface area contributed by atoms with Crippen molar-refractivity contribution in [2.24, 2.45) is 5.92 Å². The number of esters is 1. The van der Waals surface area contributed by atoms with Crippen LogP contribution in [0.1, 0.15) is 24.5 Å². The maximum atomic E-state index is 12.3. The van der Waals surface area contributed by atoms with Gasteiger partial charge in [0.2, 0.25) is 5.91 Å². The number of halogens is 1. The van der Waals surface area contributed by atoms with Crippen LogP contribution in [-0.2, 0) is 25.5 Å². The number of aryl methyl sites for hydroxylation is 2. The number of amides is 2. The molecule has 0 bridgehead atoms. The Morgan fingerprint density at radius 3 is 2.59 bits per heavy atom. The van der Waals surface area contributed by atoms with Gasteiger partial charge in [0, 0.05) is 28.8 Å². The Morgan fingerprint density at radius 1 is 1.21 bits per heavy atom. The second-order valence-electron chi connectivity index (χ2n) is 7.04. The molecular formula is C22H23BrN2O4. The molecule has 2 aromatic rings. The average molecular weight is 459 g/mol. The fraction of sp³-hybridized carbons (Fsp3) is 0.318. The van der Waals surface area contributed by atoms with Crippen molar-refractivity contribution in [1.82, 2.24) is 0 Å². The fourth-order valence-corrected chi connectivity index (χ4v) is 3.71. The van der Waals surface area contributed by atoms with Crippen molar-refractivity contribution in [2.75, 3.05) is 23.4 Å². The number of ether oxygens (including phenoxy) is 1. The third kappa shape index (κ3) is 5.23. The smallest absolute Gasteiger partial charge is 0.311 e. The first-order chi connectivity index (χ1) is 13.9. The van der Waals surface area contributed by atoms with E-state index < -0.39 is 17.8 Å². The lowest BCUT2D eigenvalue weighted by Crippen LogP contribution is -2.28. The van der Waals surface area contributed by atoms with E-state index in [1.807, 2.05) is 43.3 Å². The first-order valence-electron chi connectivity index (χ1n) is 9.49. The predicted molar refractivity (Wildman–Crippen MR) is 115 cm³/mol. The summed E-state index contributed by atoms with van der Waals surface area (Å²) in [6.07, 6.45) is 1.01. The van der Waals surface area contributed by atoms with Crippen LogP contribution in [0.15, 0.2) is 46.9 Å². The second kappa shape index (κ2) is 9.22. The summed E-state index contributed by atoms with van der Waals surface area (Å²) in [6.45, 7) is 3.81. The molecule has 0 spiro atoms. The van der Waals surface area contributed by atoms with Gasteiger partial charge in [0.05, 0.1) is 5.92 Å². The van der Waals surface area contributed by atoms with Gasteiger partial charge >= 0.3 is 5.97 Å². The van der Waals surface area contributed by atoms with Crippen LogP contribution >= 0.6 is 15.9 Å². The van der Waals surface area contributed by atoms with E-state index in [9.17, 15) is 14.4 Å². The highest BCUT2D eigenvalue weighted by atomic mass is 79.9. The first kappa shape index (κ1) is 21.0. The Hall–Kier alpha value is -2.67. The number of nitrogens with one attached hydrogen (secondary N) is 1. The van der Waals surface area contributed by atoms with Crippen molar-refractivity contribution in [3.05, 3.63) is 58.1 Å². The van der Waals surface area contributed by atoms with Crippen molar-refractivity contribution in [2.45, 2.75) is 26.7 Å². The molecule has 0 radical (unpaired) electrons. The van der Waals surface area contributed by atoms with Crippen LogP contribution in [0.4, 0.5) is 11.4 Å². The highest BCUT2D eigenvalue weighted by Gasteiger charge is 2.36. The molecule has 1 atom stereocenters. The van der Waals surface area contributed by atoms with Crippen LogP contribution in [0.2, 0.25) is 0 Å². The Bertz CT molecular complexity index is 927. The lowest BCUT2D eigenvalue weighted by molar-refractivity contribution is -0.151. The topological polar surface area (TPSA) is 75.7 Å². The Kier molecular flexibility index (Phi) is 6.69. The zero-order valence-electron chi connectivity index (χ0n) is 16.4. The van der Waals surface area contributed by atoms with Crippen molar-refractivity contribution in [1.29, 1.82) is 0 Å². The van der Waals surface area contributed by atoms with Crippen LogP contribution in [0.3, 0.4) is 0 Å². The van der Waals surface area contributed by atoms with E-state index in [0.717, 1.165) is 22.1 Å². The molecule has 152 valence electrons. The average Bonchev–Trinajstić information content (AvgIpc) is 3.10. The lowest BCUT2D eigenvalue weighted by Gasteiger charge is -2.17. The van der Waals surface area contributed by atoms with E-state index in [0.29, 0.717) is 5.69 Å². The van der Waals surface area contributed by atoms with Gasteiger partial charge in [0.25, 0.3) is 5.91 Å². The van der Waals surface area contributed by atoms with Gasteiger partial charge in [0.15, 0.2) is 6.61 Å². The van der Waals surface area contributed by atoms with Gasteiger partial charge in [-0.15, -0.1) is 0 Å². The summed E-state index contributed by atoms with van der Waals surface area (Å²) >= 11 is 3.37. The summed E-state index contributed by atoms with van der Waals surface area (Å²) in [6, 6.07) is 13.2. The summed E-state index contributed by atoms with van der Waals surface area (Å²) < 4.78 is 6.07. The first-order valence-corrected chi connectivity index (χ1v) is 10.3. The van der Waals surface area contributed by atoms with E-state index in [1.54, 1.807) is 11.0 Å². The molecule has 6 nitrogen and oxygen atoms in total. The molecule has 0 aromatic heterocycles. The van der Waals surface area contributed by atoms with E-state index in [1.165, 1.54) is 5.56 Å². The summed E-state index contributed by atoms with van der Waals surface area (Å²) in [5.74, 6) is -1.64. The SMILES string of the molecule is CCc1ccc(N2C[C@H](C(=O)OCC(=O)Nc3ccc(Br)cc3C)CC2=O)cc1. The number of anilines is 2. The Labute approximate surface area is 178 Å². The minimum absolute atomic E-state index is 0.0851. The number of hydrogen-bond acceptors (Lipinski definition) is 4. The van der Waals surface area contributed by atoms with Gasteiger partial charge in [-0.1, -0.05) is 35.0 Å². The standard InChI is InChI=1S/C22H23BrN2O4/c1-3-15-4-7-18(8-5-15)25-12-16(11-21(25)27)22(28)29-13-20(26)24-19-9-6-17(23)10-14(19)2/h4-10,16H,3,11-13H2,1-2H3,(H,24,26)/t16-/m1/s1. The number of carbonyl (C=O) groups excluding carboxylic acids is 3. The van der Waals surface area contributed by atoms with Gasteiger partial charge < -0.3 is 15.0 Å². The maximum absolute atomic E-state index is 12.3. The zero-order valence-corrected chi connectivity index (χ0v) is 18.0. The number of nitrogens with zero attached hydrogens (tertiary/aromatic N) is 1. The summed E-state index contributed by atoms with van der Waals surface area (Å²) in [4.78, 5) is 38.4. The van der Waals surface area contributed by atoms with Gasteiger partial charge in [-0.2, -0.15) is 0 Å². The molecule has 0 unspecified atom stereocenters. The lowest BCUT2D eigenvalue weighted by atomic mass is 10.1. The molecule has 0 saturated carbocycles. The number of rotatable bonds is 6. The molecule has 1 aliphatic rings. The summed E-state index contributed by atoms with van der Waals surface area (Å²) in [5, 5.41) is 2.72. The van der Waals surface area contributed by atoms with Gasteiger partial charge in [-0.25, -0.2) is 0 Å². The van der Waals surface area contributed by atoms with Crippen LogP contribution in [0, 0.1) is 12.8 Å². The zero-order chi connectivity index (χ0) is 21.0. The molecule has 1 fully saturated rings. The molecule has 0 aliphatic carbocycles. The van der Waals surface area contributed by atoms with Gasteiger partial charge in [-0.3, -0.25) is 14.4 Å². The predicted octanol–water partition coefficient (Wildman–Crippen LogP) is 3.85. The second-order valence-corrected chi connectivity index (χ2v) is 7.96. The fourth-order valence-electron chi connectivity index (χ4n) is 3.23. The Morgan fingerprint density at radius 2 is 1.93 bits per heavy atom. The molecule has 1 saturated heterocycles. The third-order valence-corrected chi connectivity index (χ3v) is 5.42. The molecule has 1 N–H and O–H groups in total. The van der Waals surface area contributed by atoms with Crippen molar-refractivity contribution >= 4 is 45.1 Å². The highest BCUT2D eigenvalue weighted by Crippen LogP contribution is 2.26. The van der Waals surface area contributed by atoms with Crippen LogP contribution in [0.25, 0.3) is 0 Å². The highest BCUT2D eigenvalue weighted by molar-refractivity contribution is 9.10. The number of hydrogen-bond donors (Lipinski definition) is 1. The van der Waals surface area contributed by atoms with Crippen LogP contribution in [0.5, 0.6) is 0 Å². The molecule has 3 rings (SSSR count). The van der Waals surface area contributed by atoms with E-state index in [2.05, 4.69) is 28.2 Å². The minimum atomic E-state index is -0.574. The van der Waals surface area contributed by atoms with Gasteiger partial charge in [-0.05, 0) is 54.8 Å². The normalized spacial score (nSPS) is 16.0. The third-order valence-electron chi connectivity index (χ3n) is 4.92. The summed E-state index contributed by atoms with van der Waals surface area (Å²) in [5.41, 5.74) is 3.51. The van der Waals surface area contributed by atoms with Gasteiger partial charge in [0.1, 0.15) is 0 Å². The van der Waals surface area contributed by atoms with Crippen molar-refractivity contribution < 1.29 is 19.1 Å². The monoisotopic (exact) mass is 458 g/mol. The van der Waals surface area contributed by atoms with Crippen LogP contribution < -0.4 is 10.2 Å². The molecular weight excluding hydrogens is 436 g/mol. The Balaban J connectivity index is 1.52. The molecule has 2 amide bonds. The van der Waals surface area contributed by atoms with E-state index in [-0.39, 0.29) is 25.5 Å². The largest absolute Gasteiger partial charge is 0.455 e. The molecule has 1 heterocycles. The van der Waals surface area contributed by atoms with Crippen molar-refractivity contribution in [3.63, 3.8) is 0 Å². The number of carbonyl (C=O) groups is 3. The van der Waals surface area contributed by atoms with E-state index in [4.69, 9.17) is 4.74 Å². The molecule has 2 aromatic carbocycles. The number of benzene rings is 2. The van der Waals surface area contributed by atoms with E-state index >= 15 is 0 Å². The molecule has 7 heteroatoms.